The van der Waals surface area contributed by atoms with Gasteiger partial charge in [0.2, 0.25) is 0 Å². The van der Waals surface area contributed by atoms with Crippen molar-refractivity contribution in [3.8, 4) is 0 Å². The summed E-state index contributed by atoms with van der Waals surface area (Å²) in [7, 11) is 1.92. The highest BCUT2D eigenvalue weighted by Crippen LogP contribution is 2.29. The molecule has 1 rings (SSSR count). The second kappa shape index (κ2) is 4.75. The van der Waals surface area contributed by atoms with Crippen molar-refractivity contribution < 1.29 is 4.39 Å². The van der Waals surface area contributed by atoms with Crippen LogP contribution in [0, 0.1) is 12.7 Å². The van der Waals surface area contributed by atoms with Gasteiger partial charge in [-0.2, -0.15) is 0 Å². The SMILES string of the molecule is CNCCC(C)(C)c1cc(C)ccc1F. The molecule has 0 unspecified atom stereocenters. The van der Waals surface area contributed by atoms with Crippen LogP contribution in [-0.4, -0.2) is 13.6 Å². The van der Waals surface area contributed by atoms with Gasteiger partial charge in [-0.15, -0.1) is 0 Å². The summed E-state index contributed by atoms with van der Waals surface area (Å²) in [4.78, 5) is 0. The van der Waals surface area contributed by atoms with Crippen LogP contribution in [0.3, 0.4) is 0 Å². The molecular weight excluding hydrogens is 189 g/mol. The van der Waals surface area contributed by atoms with Crippen molar-refractivity contribution in [1.82, 2.24) is 5.32 Å². The van der Waals surface area contributed by atoms with E-state index in [-0.39, 0.29) is 11.2 Å². The Kier molecular flexibility index (Phi) is 3.86. The smallest absolute Gasteiger partial charge is 0.126 e. The van der Waals surface area contributed by atoms with E-state index in [1.807, 2.05) is 26.1 Å². The Morgan fingerprint density at radius 1 is 1.33 bits per heavy atom. The van der Waals surface area contributed by atoms with Gasteiger partial charge in [0.05, 0.1) is 0 Å². The maximum atomic E-state index is 13.7. The highest BCUT2D eigenvalue weighted by Gasteiger charge is 2.23. The molecule has 15 heavy (non-hydrogen) atoms. The van der Waals surface area contributed by atoms with Crippen molar-refractivity contribution in [2.75, 3.05) is 13.6 Å². The molecule has 0 bridgehead atoms. The monoisotopic (exact) mass is 209 g/mol. The fraction of sp³-hybridized carbons (Fsp3) is 0.538. The molecule has 0 fully saturated rings. The fourth-order valence-corrected chi connectivity index (χ4v) is 1.73. The molecule has 0 aromatic heterocycles. The van der Waals surface area contributed by atoms with E-state index >= 15 is 0 Å². The predicted molar refractivity (Wildman–Crippen MR) is 62.7 cm³/mol. The van der Waals surface area contributed by atoms with Crippen LogP contribution in [0.25, 0.3) is 0 Å². The third kappa shape index (κ3) is 3.03. The van der Waals surface area contributed by atoms with Crippen LogP contribution in [0.15, 0.2) is 18.2 Å². The van der Waals surface area contributed by atoms with Crippen LogP contribution >= 0.6 is 0 Å². The number of hydrogen-bond donors (Lipinski definition) is 1. The van der Waals surface area contributed by atoms with Crippen LogP contribution in [0.4, 0.5) is 4.39 Å². The summed E-state index contributed by atoms with van der Waals surface area (Å²) in [6, 6.07) is 5.32. The van der Waals surface area contributed by atoms with Gasteiger partial charge < -0.3 is 5.32 Å². The summed E-state index contributed by atoms with van der Waals surface area (Å²) >= 11 is 0. The minimum absolute atomic E-state index is 0.0956. The minimum Gasteiger partial charge on any atom is -0.320 e. The molecule has 0 spiro atoms. The van der Waals surface area contributed by atoms with Crippen molar-refractivity contribution in [2.24, 2.45) is 0 Å². The van der Waals surface area contributed by atoms with E-state index in [1.165, 1.54) is 0 Å². The zero-order chi connectivity index (χ0) is 11.5. The molecule has 0 saturated carbocycles. The van der Waals surface area contributed by atoms with E-state index in [0.29, 0.717) is 0 Å². The van der Waals surface area contributed by atoms with E-state index in [9.17, 15) is 4.39 Å². The van der Waals surface area contributed by atoms with Crippen molar-refractivity contribution in [1.29, 1.82) is 0 Å². The molecule has 1 N–H and O–H groups in total. The zero-order valence-electron chi connectivity index (χ0n) is 10.0. The van der Waals surface area contributed by atoms with Crippen LogP contribution in [-0.2, 0) is 5.41 Å². The van der Waals surface area contributed by atoms with Gasteiger partial charge in [0.1, 0.15) is 5.82 Å². The van der Waals surface area contributed by atoms with Crippen LogP contribution in [0.1, 0.15) is 31.4 Å². The summed E-state index contributed by atoms with van der Waals surface area (Å²) in [5, 5.41) is 3.11. The lowest BCUT2D eigenvalue weighted by atomic mass is 9.80. The minimum atomic E-state index is -0.112. The maximum absolute atomic E-state index is 13.7. The lowest BCUT2D eigenvalue weighted by molar-refractivity contribution is 0.442. The molecule has 84 valence electrons. The molecular formula is C13H20FN. The molecule has 0 aliphatic rings. The second-order valence-electron chi connectivity index (χ2n) is 4.72. The number of aryl methyl sites for hydroxylation is 1. The molecule has 0 heterocycles. The summed E-state index contributed by atoms with van der Waals surface area (Å²) in [6.07, 6.45) is 0.934. The lowest BCUT2D eigenvalue weighted by Gasteiger charge is -2.26. The average Bonchev–Trinajstić information content (AvgIpc) is 2.18. The van der Waals surface area contributed by atoms with Gasteiger partial charge in [0.15, 0.2) is 0 Å². The second-order valence-corrected chi connectivity index (χ2v) is 4.72. The van der Waals surface area contributed by atoms with Gasteiger partial charge in [-0.3, -0.25) is 0 Å². The van der Waals surface area contributed by atoms with Crippen LogP contribution < -0.4 is 5.32 Å². The Labute approximate surface area is 91.7 Å². The Morgan fingerprint density at radius 3 is 2.60 bits per heavy atom. The third-order valence-electron chi connectivity index (χ3n) is 2.85. The Balaban J connectivity index is 2.97. The van der Waals surface area contributed by atoms with Gasteiger partial charge in [-0.25, -0.2) is 4.39 Å². The standard InChI is InChI=1S/C13H20FN/c1-10-5-6-12(14)11(9-10)13(2,3)7-8-15-4/h5-6,9,15H,7-8H2,1-4H3. The van der Waals surface area contributed by atoms with Gasteiger partial charge >= 0.3 is 0 Å². The van der Waals surface area contributed by atoms with Crippen molar-refractivity contribution in [3.05, 3.63) is 35.1 Å². The first kappa shape index (κ1) is 12.2. The molecule has 0 amide bonds. The summed E-state index contributed by atoms with van der Waals surface area (Å²) in [5.74, 6) is -0.0956. The summed E-state index contributed by atoms with van der Waals surface area (Å²) < 4.78 is 13.7. The Hall–Kier alpha value is -0.890. The van der Waals surface area contributed by atoms with E-state index in [2.05, 4.69) is 19.2 Å². The highest BCUT2D eigenvalue weighted by molar-refractivity contribution is 5.30. The molecule has 1 aromatic carbocycles. The summed E-state index contributed by atoms with van der Waals surface area (Å²) in [5.41, 5.74) is 1.82. The van der Waals surface area contributed by atoms with E-state index < -0.39 is 0 Å². The van der Waals surface area contributed by atoms with Gasteiger partial charge in [0.25, 0.3) is 0 Å². The number of benzene rings is 1. The topological polar surface area (TPSA) is 12.0 Å². The van der Waals surface area contributed by atoms with Crippen LogP contribution in [0.5, 0.6) is 0 Å². The molecule has 1 aromatic rings. The highest BCUT2D eigenvalue weighted by atomic mass is 19.1. The quantitative estimate of drug-likeness (QED) is 0.803. The van der Waals surface area contributed by atoms with E-state index in [0.717, 1.165) is 24.1 Å². The molecule has 0 aliphatic carbocycles. The van der Waals surface area contributed by atoms with Gasteiger partial charge in [-0.1, -0.05) is 31.5 Å². The number of hydrogen-bond acceptors (Lipinski definition) is 1. The van der Waals surface area contributed by atoms with Crippen LogP contribution in [0.2, 0.25) is 0 Å². The normalized spacial score (nSPS) is 11.8. The first-order valence-corrected chi connectivity index (χ1v) is 5.38. The number of nitrogens with one attached hydrogen (secondary N) is 1. The molecule has 0 aliphatic heterocycles. The molecule has 1 nitrogen and oxygen atoms in total. The first-order chi connectivity index (χ1) is 6.97. The third-order valence-corrected chi connectivity index (χ3v) is 2.85. The zero-order valence-corrected chi connectivity index (χ0v) is 10.0. The Bertz CT molecular complexity index is 331. The lowest BCUT2D eigenvalue weighted by Crippen LogP contribution is -2.24. The summed E-state index contributed by atoms with van der Waals surface area (Å²) in [6.45, 7) is 7.07. The fourth-order valence-electron chi connectivity index (χ4n) is 1.73. The largest absolute Gasteiger partial charge is 0.320 e. The molecule has 2 heteroatoms. The predicted octanol–water partition coefficient (Wildman–Crippen LogP) is 3.02. The van der Waals surface area contributed by atoms with Crippen molar-refractivity contribution in [2.45, 2.75) is 32.6 Å². The number of halogens is 1. The molecule has 0 saturated heterocycles. The van der Waals surface area contributed by atoms with Gasteiger partial charge in [0, 0.05) is 0 Å². The average molecular weight is 209 g/mol. The van der Waals surface area contributed by atoms with E-state index in [1.54, 1.807) is 6.07 Å². The molecule has 0 radical (unpaired) electrons. The van der Waals surface area contributed by atoms with Crippen molar-refractivity contribution in [3.63, 3.8) is 0 Å². The number of rotatable bonds is 4. The molecule has 0 atom stereocenters. The maximum Gasteiger partial charge on any atom is 0.126 e. The van der Waals surface area contributed by atoms with Crippen molar-refractivity contribution >= 4 is 0 Å². The van der Waals surface area contributed by atoms with E-state index in [4.69, 9.17) is 0 Å². The van der Waals surface area contributed by atoms with Gasteiger partial charge in [-0.05, 0) is 44.0 Å². The first-order valence-electron chi connectivity index (χ1n) is 5.38. The Morgan fingerprint density at radius 2 is 2.00 bits per heavy atom.